The van der Waals surface area contributed by atoms with Gasteiger partial charge in [-0.15, -0.1) is 11.3 Å². The Balaban J connectivity index is 1.83. The minimum Gasteiger partial charge on any atom is -0.487 e. The molecule has 0 aliphatic carbocycles. The highest BCUT2D eigenvalue weighted by molar-refractivity contribution is 7.91. The second-order valence-electron chi connectivity index (χ2n) is 7.98. The fraction of sp³-hybridized carbons (Fsp3) is 0.348. The van der Waals surface area contributed by atoms with Crippen LogP contribution in [0.15, 0.2) is 22.4 Å². The number of rotatable bonds is 15. The van der Waals surface area contributed by atoms with Gasteiger partial charge in [0.15, 0.2) is 24.1 Å². The van der Waals surface area contributed by atoms with E-state index in [2.05, 4.69) is 0 Å². The van der Waals surface area contributed by atoms with E-state index in [9.17, 15) is 17.4 Å². The number of nitrogens with one attached hydrogen (secondary N) is 1. The third-order valence-corrected chi connectivity index (χ3v) is 9.20. The summed E-state index contributed by atoms with van der Waals surface area (Å²) in [6.45, 7) is 0.854. The standard InChI is InChI=1S/C23H25F3N4O7PS2/c1-13-17-18(25)20(34-8-2-6-27)21(35-9-3-7-28)19(26)22(17)39-23(13)40(32,33)30-12-36-38(31)37-15-5-4-14(11-29)16(24)10-15/h4-5,10,30H,2-3,6-9,12,27-28H2,1H3/q+1. The van der Waals surface area contributed by atoms with Crippen LogP contribution < -0.4 is 30.2 Å². The Morgan fingerprint density at radius 3 is 2.27 bits per heavy atom. The van der Waals surface area contributed by atoms with Gasteiger partial charge in [-0.2, -0.15) is 9.98 Å². The third-order valence-electron chi connectivity index (χ3n) is 5.22. The number of aryl methyl sites for hydroxylation is 1. The molecule has 1 unspecified atom stereocenters. The van der Waals surface area contributed by atoms with Gasteiger partial charge in [-0.1, -0.05) is 4.52 Å². The molecule has 0 radical (unpaired) electrons. The Hall–Kier alpha value is -3.03. The molecular formula is C23H25F3N4O7PS2+. The minimum atomic E-state index is -4.42. The largest absolute Gasteiger partial charge is 0.751 e. The first-order chi connectivity index (χ1) is 19.0. The van der Waals surface area contributed by atoms with E-state index in [0.29, 0.717) is 24.2 Å². The van der Waals surface area contributed by atoms with Crippen molar-refractivity contribution in [2.45, 2.75) is 24.0 Å². The van der Waals surface area contributed by atoms with E-state index in [1.165, 1.54) is 13.0 Å². The van der Waals surface area contributed by atoms with Gasteiger partial charge in [-0.05, 0) is 50.6 Å². The number of nitriles is 1. The maximum absolute atomic E-state index is 15.6. The molecule has 40 heavy (non-hydrogen) atoms. The summed E-state index contributed by atoms with van der Waals surface area (Å²) in [5.74, 6) is -4.16. The lowest BCUT2D eigenvalue weighted by Gasteiger charge is -2.15. The highest BCUT2D eigenvalue weighted by Crippen LogP contribution is 2.46. The zero-order chi connectivity index (χ0) is 29.4. The van der Waals surface area contributed by atoms with E-state index in [0.717, 1.165) is 12.1 Å². The molecule has 17 heteroatoms. The molecule has 3 rings (SSSR count). The number of hydrogen-bond donors (Lipinski definition) is 3. The lowest BCUT2D eigenvalue weighted by Crippen LogP contribution is -2.25. The van der Waals surface area contributed by atoms with Gasteiger partial charge in [0.25, 0.3) is 10.0 Å². The Kier molecular flexibility index (Phi) is 11.1. The summed E-state index contributed by atoms with van der Waals surface area (Å²) in [5, 5.41) is 8.44. The minimum absolute atomic E-state index is 0.0324. The number of nitrogens with zero attached hydrogens (tertiary/aromatic N) is 1. The van der Waals surface area contributed by atoms with Crippen molar-refractivity contribution in [1.82, 2.24) is 4.72 Å². The number of fused-ring (bicyclic) bond motifs is 1. The molecule has 11 nitrogen and oxygen atoms in total. The summed E-state index contributed by atoms with van der Waals surface area (Å²) in [6.07, 6.45) is 0.694. The molecule has 2 aromatic carbocycles. The first-order valence-corrected chi connectivity index (χ1v) is 15.0. The first kappa shape index (κ1) is 31.5. The normalized spacial score (nSPS) is 11.9. The lowest BCUT2D eigenvalue weighted by molar-refractivity contribution is 0.247. The van der Waals surface area contributed by atoms with E-state index in [-0.39, 0.29) is 53.3 Å². The topological polar surface area (TPSA) is 176 Å². The average molecular weight is 622 g/mol. The molecule has 0 saturated heterocycles. The predicted octanol–water partition coefficient (Wildman–Crippen LogP) is 3.94. The molecule has 0 bridgehead atoms. The Bertz CT molecular complexity index is 1550. The molecule has 0 saturated carbocycles. The maximum atomic E-state index is 15.6. The maximum Gasteiger partial charge on any atom is 0.751 e. The molecule has 3 aromatic rings. The number of benzene rings is 2. The molecule has 0 fully saturated rings. The van der Waals surface area contributed by atoms with Crippen molar-refractivity contribution in [3.05, 3.63) is 46.8 Å². The van der Waals surface area contributed by atoms with Gasteiger partial charge in [0.2, 0.25) is 11.5 Å². The number of thiophene rings is 1. The highest BCUT2D eigenvalue weighted by atomic mass is 32.2. The zero-order valence-corrected chi connectivity index (χ0v) is 23.6. The Morgan fingerprint density at radius 1 is 1.07 bits per heavy atom. The highest BCUT2D eigenvalue weighted by Gasteiger charge is 2.32. The average Bonchev–Trinajstić information content (AvgIpc) is 3.27. The van der Waals surface area contributed by atoms with E-state index < -0.39 is 58.2 Å². The van der Waals surface area contributed by atoms with Crippen LogP contribution in [-0.2, 0) is 19.1 Å². The van der Waals surface area contributed by atoms with Crippen LogP contribution in [0.5, 0.6) is 17.2 Å². The molecule has 0 spiro atoms. The van der Waals surface area contributed by atoms with E-state index in [4.69, 9.17) is 35.3 Å². The zero-order valence-electron chi connectivity index (χ0n) is 21.0. The molecule has 216 valence electrons. The molecular weight excluding hydrogens is 596 g/mol. The Labute approximate surface area is 232 Å². The summed E-state index contributed by atoms with van der Waals surface area (Å²) in [7, 11) is -7.38. The summed E-state index contributed by atoms with van der Waals surface area (Å²) in [4.78, 5) is 0. The number of ether oxygens (including phenoxy) is 2. The van der Waals surface area contributed by atoms with Crippen molar-refractivity contribution in [2.75, 3.05) is 33.0 Å². The van der Waals surface area contributed by atoms with Crippen LogP contribution in [0.2, 0.25) is 0 Å². The molecule has 1 heterocycles. The number of halogens is 3. The van der Waals surface area contributed by atoms with Crippen LogP contribution in [0, 0.1) is 35.7 Å². The third kappa shape index (κ3) is 7.18. The van der Waals surface area contributed by atoms with Gasteiger partial charge >= 0.3 is 8.25 Å². The van der Waals surface area contributed by atoms with Crippen LogP contribution in [0.4, 0.5) is 13.2 Å². The molecule has 0 aliphatic rings. The van der Waals surface area contributed by atoms with Crippen LogP contribution in [0.1, 0.15) is 24.0 Å². The molecule has 0 aliphatic heterocycles. The predicted molar refractivity (Wildman–Crippen MR) is 140 cm³/mol. The van der Waals surface area contributed by atoms with Crippen molar-refractivity contribution in [1.29, 1.82) is 5.26 Å². The van der Waals surface area contributed by atoms with Gasteiger partial charge in [0, 0.05) is 16.0 Å². The number of nitrogens with two attached hydrogens (primary N) is 2. The summed E-state index contributed by atoms with van der Waals surface area (Å²) in [5.41, 5.74) is 10.5. The van der Waals surface area contributed by atoms with Crippen LogP contribution in [0.3, 0.4) is 0 Å². The Morgan fingerprint density at radius 2 is 1.70 bits per heavy atom. The van der Waals surface area contributed by atoms with Gasteiger partial charge < -0.3 is 20.9 Å². The smallest absolute Gasteiger partial charge is 0.487 e. The second-order valence-corrected chi connectivity index (χ2v) is 11.8. The molecule has 1 aromatic heterocycles. The first-order valence-electron chi connectivity index (χ1n) is 11.6. The van der Waals surface area contributed by atoms with Gasteiger partial charge in [0.05, 0.1) is 23.5 Å². The second kappa shape index (κ2) is 14.0. The van der Waals surface area contributed by atoms with Crippen molar-refractivity contribution in [3.8, 4) is 23.3 Å². The van der Waals surface area contributed by atoms with Crippen molar-refractivity contribution >= 4 is 39.7 Å². The van der Waals surface area contributed by atoms with Crippen LogP contribution in [0.25, 0.3) is 10.1 Å². The SMILES string of the molecule is Cc1c(S(=O)(=O)NCO[P+](=O)Oc2ccc(C#N)c(F)c2)sc2c(F)c(OCCCN)c(OCCCN)c(F)c12. The quantitative estimate of drug-likeness (QED) is 0.128. The van der Waals surface area contributed by atoms with Crippen LogP contribution >= 0.6 is 19.6 Å². The van der Waals surface area contributed by atoms with Crippen molar-refractivity contribution < 1.29 is 44.7 Å². The van der Waals surface area contributed by atoms with E-state index in [1.54, 1.807) is 6.07 Å². The van der Waals surface area contributed by atoms with E-state index >= 15 is 8.78 Å². The summed E-state index contributed by atoms with van der Waals surface area (Å²) >= 11 is 0.455. The van der Waals surface area contributed by atoms with E-state index in [1.807, 2.05) is 4.72 Å². The molecule has 1 atom stereocenters. The van der Waals surface area contributed by atoms with Crippen molar-refractivity contribution in [2.24, 2.45) is 11.5 Å². The molecule has 5 N–H and O–H groups in total. The fourth-order valence-electron chi connectivity index (χ4n) is 3.33. The number of sulfonamides is 1. The number of hydrogen-bond acceptors (Lipinski definition) is 11. The lowest BCUT2D eigenvalue weighted by atomic mass is 10.1. The summed E-state index contributed by atoms with van der Waals surface area (Å²) < 4.78 is 105. The summed E-state index contributed by atoms with van der Waals surface area (Å²) in [6, 6.07) is 4.70. The van der Waals surface area contributed by atoms with Crippen molar-refractivity contribution in [3.63, 3.8) is 0 Å². The van der Waals surface area contributed by atoms with Gasteiger partial charge in [0.1, 0.15) is 16.1 Å². The fourth-order valence-corrected chi connectivity index (χ4v) is 6.61. The monoisotopic (exact) mass is 621 g/mol. The van der Waals surface area contributed by atoms with Crippen LogP contribution in [-0.4, -0.2) is 41.5 Å². The van der Waals surface area contributed by atoms with Gasteiger partial charge in [-0.25, -0.2) is 26.1 Å². The molecule has 0 amide bonds. The van der Waals surface area contributed by atoms with Gasteiger partial charge in [-0.3, -0.25) is 0 Å².